The highest BCUT2D eigenvalue weighted by Crippen LogP contribution is 2.43. The maximum atomic E-state index is 13.1. The van der Waals surface area contributed by atoms with Crippen molar-refractivity contribution in [3.8, 4) is 22.3 Å². The van der Waals surface area contributed by atoms with Gasteiger partial charge in [-0.2, -0.15) is 0 Å². The highest BCUT2D eigenvalue weighted by Gasteiger charge is 2.32. The van der Waals surface area contributed by atoms with Gasteiger partial charge in [-0.05, 0) is 118 Å². The Kier molecular flexibility index (Phi) is 11.8. The first-order chi connectivity index (χ1) is 27.6. The molecule has 9 nitrogen and oxygen atoms in total. The molecule has 4 heterocycles. The van der Waals surface area contributed by atoms with E-state index in [0.29, 0.717) is 24.8 Å². The number of H-pyrrole nitrogens is 3. The number of aromatic nitrogens is 4. The van der Waals surface area contributed by atoms with Gasteiger partial charge >= 0.3 is 11.9 Å². The number of benzene rings is 2. The van der Waals surface area contributed by atoms with E-state index in [1.807, 2.05) is 38.1 Å². The lowest BCUT2D eigenvalue weighted by Crippen LogP contribution is -2.23. The number of fused-ring (bicyclic) bond motifs is 6. The van der Waals surface area contributed by atoms with Crippen molar-refractivity contribution in [1.82, 2.24) is 19.9 Å². The Morgan fingerprint density at radius 1 is 0.649 bits per heavy atom. The molecule has 0 radical (unpaired) electrons. The first-order valence-corrected chi connectivity index (χ1v) is 21.0. The zero-order valence-electron chi connectivity index (χ0n) is 34.0. The van der Waals surface area contributed by atoms with Crippen LogP contribution in [-0.2, 0) is 41.7 Å². The molecule has 0 amide bonds. The van der Waals surface area contributed by atoms with Crippen molar-refractivity contribution in [3.63, 3.8) is 0 Å². The molecule has 5 N–H and O–H groups in total. The van der Waals surface area contributed by atoms with Crippen LogP contribution < -0.4 is 5.56 Å². The van der Waals surface area contributed by atoms with Crippen molar-refractivity contribution >= 4 is 34.0 Å². The van der Waals surface area contributed by atoms with Gasteiger partial charge in [-0.25, -0.2) is 4.98 Å². The fourth-order valence-corrected chi connectivity index (χ4v) is 9.35. The SMILES string of the molecule is CCCC(C(=O)O)c1c(-c2ccc(C)cc2)c2c3c([nH]c2[nH]c1=O)CCCC3.CCCC(C(=O)O)c1c(CC)nc2[nH]c3c(c2c1-c1ccc(C)cc1)CCCC3. The summed E-state index contributed by atoms with van der Waals surface area (Å²) in [4.78, 5) is 52.4. The number of hydrogen-bond acceptors (Lipinski definition) is 4. The minimum atomic E-state index is -0.940. The summed E-state index contributed by atoms with van der Waals surface area (Å²) in [6, 6.07) is 16.5. The van der Waals surface area contributed by atoms with Crippen LogP contribution >= 0.6 is 0 Å². The Balaban J connectivity index is 0.000000174. The van der Waals surface area contributed by atoms with E-state index in [4.69, 9.17) is 4.98 Å². The van der Waals surface area contributed by atoms with E-state index in [9.17, 15) is 24.6 Å². The van der Waals surface area contributed by atoms with E-state index in [1.54, 1.807) is 0 Å². The molecule has 0 bridgehead atoms. The van der Waals surface area contributed by atoms with Crippen LogP contribution in [0.2, 0.25) is 0 Å². The van der Waals surface area contributed by atoms with Gasteiger partial charge in [-0.1, -0.05) is 93.3 Å². The molecule has 8 rings (SSSR count). The van der Waals surface area contributed by atoms with Gasteiger partial charge in [-0.15, -0.1) is 0 Å². The van der Waals surface area contributed by atoms with Gasteiger partial charge < -0.3 is 25.2 Å². The fraction of sp³-hybridized carbons (Fsp3) is 0.417. The number of carboxylic acids is 2. The number of aliphatic carboxylic acids is 2. The number of carbonyl (C=O) groups is 2. The summed E-state index contributed by atoms with van der Waals surface area (Å²) in [5, 5.41) is 22.2. The van der Waals surface area contributed by atoms with E-state index < -0.39 is 23.8 Å². The molecule has 2 aliphatic carbocycles. The second-order valence-corrected chi connectivity index (χ2v) is 16.1. The molecule has 2 unspecified atom stereocenters. The monoisotopic (exact) mass is 768 g/mol. The third-order valence-corrected chi connectivity index (χ3v) is 12.1. The van der Waals surface area contributed by atoms with Crippen molar-refractivity contribution < 1.29 is 19.8 Å². The van der Waals surface area contributed by atoms with E-state index in [1.165, 1.54) is 40.9 Å². The molecule has 9 heteroatoms. The number of aromatic amines is 3. The standard InChI is InChI=1S/C25H30N2O2.C23H26N2O3/c1-4-8-18(25(28)29)22-19(5-2)26-24-23(17-9-6-7-10-20(17)27-24)21(22)16-13-11-15(3)12-14-16;1-3-6-16(23(27)28)20-18(14-11-9-13(2)10-12-14)19-15-7-4-5-8-17(15)24-21(19)25-22(20)26/h11-14,18H,4-10H2,1-3H3,(H,26,27)(H,28,29);9-12,16H,3-8H2,1-2H3,(H,27,28)(H2,24,25,26). The number of rotatable bonds is 11. The minimum absolute atomic E-state index is 0.303. The lowest BCUT2D eigenvalue weighted by atomic mass is 9.83. The summed E-state index contributed by atoms with van der Waals surface area (Å²) in [6.45, 7) is 10.2. The highest BCUT2D eigenvalue weighted by molar-refractivity contribution is 6.01. The summed E-state index contributed by atoms with van der Waals surface area (Å²) in [5.74, 6) is -3.04. The first kappa shape index (κ1) is 39.8. The average molecular weight is 769 g/mol. The fourth-order valence-electron chi connectivity index (χ4n) is 9.35. The molecule has 2 aromatic carbocycles. The van der Waals surface area contributed by atoms with Crippen LogP contribution in [0.5, 0.6) is 0 Å². The second-order valence-electron chi connectivity index (χ2n) is 16.1. The average Bonchev–Trinajstić information content (AvgIpc) is 3.76. The summed E-state index contributed by atoms with van der Waals surface area (Å²) in [7, 11) is 0. The number of nitrogens with one attached hydrogen (secondary N) is 3. The lowest BCUT2D eigenvalue weighted by Gasteiger charge is -2.22. The van der Waals surface area contributed by atoms with Crippen LogP contribution in [0.4, 0.5) is 0 Å². The van der Waals surface area contributed by atoms with Crippen molar-refractivity contribution in [2.75, 3.05) is 0 Å². The van der Waals surface area contributed by atoms with Crippen molar-refractivity contribution in [1.29, 1.82) is 0 Å². The van der Waals surface area contributed by atoms with Crippen LogP contribution in [0.3, 0.4) is 0 Å². The van der Waals surface area contributed by atoms with Crippen LogP contribution in [0, 0.1) is 13.8 Å². The van der Waals surface area contributed by atoms with Crippen molar-refractivity contribution in [2.45, 2.75) is 130 Å². The van der Waals surface area contributed by atoms with Gasteiger partial charge in [0.05, 0.1) is 11.8 Å². The number of carboxylic acid groups (broad SMARTS) is 2. The van der Waals surface area contributed by atoms with Gasteiger partial charge in [-0.3, -0.25) is 14.4 Å². The Labute approximate surface area is 334 Å². The Morgan fingerprint density at radius 2 is 1.12 bits per heavy atom. The molecule has 0 saturated carbocycles. The minimum Gasteiger partial charge on any atom is -0.481 e. The Hall–Kier alpha value is -5.44. The normalized spacial score (nSPS) is 14.8. The van der Waals surface area contributed by atoms with E-state index >= 15 is 0 Å². The molecule has 57 heavy (non-hydrogen) atoms. The number of pyridine rings is 2. The largest absolute Gasteiger partial charge is 0.481 e. The van der Waals surface area contributed by atoms with E-state index in [0.717, 1.165) is 113 Å². The van der Waals surface area contributed by atoms with Gasteiger partial charge in [0, 0.05) is 39.0 Å². The van der Waals surface area contributed by atoms with Crippen LogP contribution in [0.1, 0.15) is 134 Å². The molecule has 0 fully saturated rings. The Bertz CT molecular complexity index is 2490. The van der Waals surface area contributed by atoms with Crippen LogP contribution in [0.15, 0.2) is 53.3 Å². The number of aryl methyl sites for hydroxylation is 7. The predicted molar refractivity (Wildman–Crippen MR) is 229 cm³/mol. The molecule has 6 aromatic rings. The summed E-state index contributed by atoms with van der Waals surface area (Å²) in [5.41, 5.74) is 14.8. The van der Waals surface area contributed by atoms with Crippen molar-refractivity contribution in [3.05, 3.63) is 109 Å². The molecule has 2 atom stereocenters. The topological polar surface area (TPSA) is 152 Å². The maximum absolute atomic E-state index is 13.1. The van der Waals surface area contributed by atoms with Crippen LogP contribution in [-0.4, -0.2) is 42.1 Å². The van der Waals surface area contributed by atoms with Gasteiger partial charge in [0.1, 0.15) is 11.3 Å². The van der Waals surface area contributed by atoms with E-state index in [-0.39, 0.29) is 5.56 Å². The zero-order chi connectivity index (χ0) is 40.4. The third-order valence-electron chi connectivity index (χ3n) is 12.1. The maximum Gasteiger partial charge on any atom is 0.311 e. The Morgan fingerprint density at radius 3 is 1.63 bits per heavy atom. The molecular formula is C48H56N4O5. The van der Waals surface area contributed by atoms with Gasteiger partial charge in [0.15, 0.2) is 0 Å². The number of hydrogen-bond donors (Lipinski definition) is 5. The van der Waals surface area contributed by atoms with Crippen molar-refractivity contribution in [2.24, 2.45) is 0 Å². The smallest absolute Gasteiger partial charge is 0.311 e. The molecule has 0 saturated heterocycles. The summed E-state index contributed by atoms with van der Waals surface area (Å²) >= 11 is 0. The van der Waals surface area contributed by atoms with Gasteiger partial charge in [0.25, 0.3) is 5.56 Å². The first-order valence-electron chi connectivity index (χ1n) is 21.0. The summed E-state index contributed by atoms with van der Waals surface area (Å²) in [6.07, 6.45) is 11.9. The zero-order valence-corrected chi connectivity index (χ0v) is 34.0. The van der Waals surface area contributed by atoms with Crippen LogP contribution in [0.25, 0.3) is 44.3 Å². The number of nitrogens with zero attached hydrogens (tertiary/aromatic N) is 1. The van der Waals surface area contributed by atoms with Gasteiger partial charge in [0.2, 0.25) is 0 Å². The summed E-state index contributed by atoms with van der Waals surface area (Å²) < 4.78 is 0. The molecule has 0 spiro atoms. The molecular weight excluding hydrogens is 713 g/mol. The lowest BCUT2D eigenvalue weighted by molar-refractivity contribution is -0.140. The highest BCUT2D eigenvalue weighted by atomic mass is 16.4. The van der Waals surface area contributed by atoms with E-state index in [2.05, 4.69) is 60.0 Å². The predicted octanol–water partition coefficient (Wildman–Crippen LogP) is 10.6. The molecule has 2 aliphatic rings. The molecule has 4 aromatic heterocycles. The molecule has 0 aliphatic heterocycles. The molecule has 298 valence electrons. The third kappa shape index (κ3) is 7.68. The second kappa shape index (κ2) is 17.0. The quantitative estimate of drug-likeness (QED) is 0.0885.